The molecule has 1 heteroatoms. The summed E-state index contributed by atoms with van der Waals surface area (Å²) in [5.41, 5.74) is 13.1. The first-order valence-corrected chi connectivity index (χ1v) is 19.0. The molecule has 0 N–H and O–H groups in total. The highest BCUT2D eigenvalue weighted by Crippen LogP contribution is 2.53. The molecule has 10 aromatic rings. The molecular formula is C51H34S. The van der Waals surface area contributed by atoms with Crippen molar-refractivity contribution < 1.29 is 0 Å². The molecule has 0 saturated carbocycles. The van der Waals surface area contributed by atoms with Crippen LogP contribution in [0.25, 0.3) is 97.0 Å². The molecule has 0 unspecified atom stereocenters. The number of fused-ring (bicyclic) bond motifs is 10. The van der Waals surface area contributed by atoms with Crippen molar-refractivity contribution in [3.8, 4) is 44.5 Å². The first-order chi connectivity index (χ1) is 25.5. The molecule has 1 aliphatic carbocycles. The fourth-order valence-corrected chi connectivity index (χ4v) is 10.3. The van der Waals surface area contributed by atoms with Crippen LogP contribution in [0.4, 0.5) is 0 Å². The highest BCUT2D eigenvalue weighted by molar-refractivity contribution is 7.26. The third-order valence-corrected chi connectivity index (χ3v) is 12.8. The summed E-state index contributed by atoms with van der Waals surface area (Å²) in [7, 11) is 0. The van der Waals surface area contributed by atoms with E-state index in [-0.39, 0.29) is 5.41 Å². The Kier molecular flexibility index (Phi) is 6.27. The molecule has 1 heterocycles. The van der Waals surface area contributed by atoms with Crippen molar-refractivity contribution in [2.45, 2.75) is 19.3 Å². The Morgan fingerprint density at radius 2 is 0.904 bits per heavy atom. The number of thiophene rings is 1. The van der Waals surface area contributed by atoms with Crippen molar-refractivity contribution in [2.75, 3.05) is 0 Å². The van der Waals surface area contributed by atoms with Crippen molar-refractivity contribution >= 4 is 63.8 Å². The fraction of sp³-hybridized carbons (Fsp3) is 0.0588. The van der Waals surface area contributed by atoms with Crippen molar-refractivity contribution in [3.05, 3.63) is 181 Å². The zero-order valence-electron chi connectivity index (χ0n) is 29.1. The summed E-state index contributed by atoms with van der Waals surface area (Å²) in [6.45, 7) is 4.80. The van der Waals surface area contributed by atoms with Gasteiger partial charge in [0.2, 0.25) is 0 Å². The molecule has 0 amide bonds. The standard InChI is InChI=1S/C51H34S/c1-51(2)44-28-35(24-26-37(44)42-30-47-43(29-45(42)51)50-36-15-7-6-12-32(36)25-27-46(50)52-47)31-20-22-34(23-21-31)49-40-18-10-8-16-38(40)48(33-13-4-3-5-14-33)39-17-9-11-19-41(39)49/h3-30H,1-2H3. The second-order valence-electron chi connectivity index (χ2n) is 14.8. The van der Waals surface area contributed by atoms with Gasteiger partial charge < -0.3 is 0 Å². The molecule has 0 bridgehead atoms. The van der Waals surface area contributed by atoms with E-state index >= 15 is 0 Å². The largest absolute Gasteiger partial charge is 0.135 e. The molecule has 0 radical (unpaired) electrons. The minimum atomic E-state index is -0.105. The maximum Gasteiger partial charge on any atom is 0.0362 e. The van der Waals surface area contributed by atoms with Gasteiger partial charge in [-0.3, -0.25) is 0 Å². The minimum Gasteiger partial charge on any atom is -0.135 e. The number of hydrogen-bond acceptors (Lipinski definition) is 1. The third kappa shape index (κ3) is 4.21. The molecule has 9 aromatic carbocycles. The average molecular weight is 679 g/mol. The van der Waals surface area contributed by atoms with Gasteiger partial charge in [0.25, 0.3) is 0 Å². The molecule has 0 aliphatic heterocycles. The summed E-state index contributed by atoms with van der Waals surface area (Å²) in [5, 5.41) is 10.6. The number of hydrogen-bond donors (Lipinski definition) is 0. The Bertz CT molecular complexity index is 3010. The van der Waals surface area contributed by atoms with Crippen LogP contribution in [-0.2, 0) is 5.41 Å². The summed E-state index contributed by atoms with van der Waals surface area (Å²) in [5.74, 6) is 0. The van der Waals surface area contributed by atoms with Crippen molar-refractivity contribution in [1.82, 2.24) is 0 Å². The van der Waals surface area contributed by atoms with Crippen LogP contribution in [0.2, 0.25) is 0 Å². The summed E-state index contributed by atoms with van der Waals surface area (Å²) in [6.07, 6.45) is 0. The van der Waals surface area contributed by atoms with Gasteiger partial charge in [-0.05, 0) is 112 Å². The van der Waals surface area contributed by atoms with Crippen LogP contribution < -0.4 is 0 Å². The monoisotopic (exact) mass is 678 g/mol. The van der Waals surface area contributed by atoms with Crippen molar-refractivity contribution in [1.29, 1.82) is 0 Å². The highest BCUT2D eigenvalue weighted by Gasteiger charge is 2.36. The van der Waals surface area contributed by atoms with Gasteiger partial charge in [-0.2, -0.15) is 0 Å². The Labute approximate surface area is 307 Å². The van der Waals surface area contributed by atoms with Gasteiger partial charge in [0.05, 0.1) is 0 Å². The molecule has 52 heavy (non-hydrogen) atoms. The lowest BCUT2D eigenvalue weighted by atomic mass is 9.81. The molecule has 1 aromatic heterocycles. The van der Waals surface area contributed by atoms with Gasteiger partial charge in [0.1, 0.15) is 0 Å². The Balaban J connectivity index is 1.02. The van der Waals surface area contributed by atoms with E-state index in [9.17, 15) is 0 Å². The maximum atomic E-state index is 2.50. The van der Waals surface area contributed by atoms with Gasteiger partial charge in [0, 0.05) is 25.6 Å². The predicted octanol–water partition coefficient (Wildman–Crippen LogP) is 14.8. The third-order valence-electron chi connectivity index (χ3n) is 11.7. The number of benzene rings is 9. The molecule has 0 fully saturated rings. The van der Waals surface area contributed by atoms with Crippen LogP contribution in [-0.4, -0.2) is 0 Å². The maximum absolute atomic E-state index is 2.50. The fourth-order valence-electron chi connectivity index (χ4n) is 9.14. The summed E-state index contributed by atoms with van der Waals surface area (Å²) >= 11 is 1.92. The van der Waals surface area contributed by atoms with E-state index in [1.807, 2.05) is 11.3 Å². The lowest BCUT2D eigenvalue weighted by Gasteiger charge is -2.22. The normalized spacial score (nSPS) is 13.3. The van der Waals surface area contributed by atoms with E-state index in [0.717, 1.165) is 0 Å². The summed E-state index contributed by atoms with van der Waals surface area (Å²) < 4.78 is 2.73. The van der Waals surface area contributed by atoms with Crippen LogP contribution >= 0.6 is 11.3 Å². The predicted molar refractivity (Wildman–Crippen MR) is 226 cm³/mol. The van der Waals surface area contributed by atoms with E-state index in [1.54, 1.807) is 0 Å². The van der Waals surface area contributed by atoms with Crippen LogP contribution in [0.5, 0.6) is 0 Å². The lowest BCUT2D eigenvalue weighted by Crippen LogP contribution is -2.15. The van der Waals surface area contributed by atoms with Crippen LogP contribution in [0.1, 0.15) is 25.0 Å². The van der Waals surface area contributed by atoms with Gasteiger partial charge in [-0.15, -0.1) is 11.3 Å². The Hall–Kier alpha value is -6.02. The zero-order chi connectivity index (χ0) is 34.6. The molecule has 0 nitrogen and oxygen atoms in total. The molecular weight excluding hydrogens is 645 g/mol. The Morgan fingerprint density at radius 1 is 0.365 bits per heavy atom. The zero-order valence-corrected chi connectivity index (χ0v) is 29.9. The molecule has 1 aliphatic rings. The molecule has 0 atom stereocenters. The Morgan fingerprint density at radius 3 is 1.58 bits per heavy atom. The van der Waals surface area contributed by atoms with E-state index < -0.39 is 0 Å². The van der Waals surface area contributed by atoms with Crippen LogP contribution in [0, 0.1) is 0 Å². The van der Waals surface area contributed by atoms with E-state index in [4.69, 9.17) is 0 Å². The van der Waals surface area contributed by atoms with E-state index in [0.29, 0.717) is 0 Å². The second kappa shape index (κ2) is 11.0. The quantitative estimate of drug-likeness (QED) is 0.163. The van der Waals surface area contributed by atoms with E-state index in [2.05, 4.69) is 184 Å². The average Bonchev–Trinajstić information content (AvgIpc) is 3.67. The summed E-state index contributed by atoms with van der Waals surface area (Å²) in [6, 6.07) is 63.4. The first kappa shape index (κ1) is 29.7. The van der Waals surface area contributed by atoms with Gasteiger partial charge >= 0.3 is 0 Å². The second-order valence-corrected chi connectivity index (χ2v) is 15.9. The van der Waals surface area contributed by atoms with Gasteiger partial charge in [-0.25, -0.2) is 0 Å². The van der Waals surface area contributed by atoms with Gasteiger partial charge in [-0.1, -0.05) is 159 Å². The molecule has 0 spiro atoms. The summed E-state index contributed by atoms with van der Waals surface area (Å²) in [4.78, 5) is 0. The molecule has 11 rings (SSSR count). The highest BCUT2D eigenvalue weighted by atomic mass is 32.1. The van der Waals surface area contributed by atoms with Crippen molar-refractivity contribution in [3.63, 3.8) is 0 Å². The van der Waals surface area contributed by atoms with Crippen molar-refractivity contribution in [2.24, 2.45) is 0 Å². The topological polar surface area (TPSA) is 0 Å². The number of rotatable bonds is 3. The SMILES string of the molecule is CC1(C)c2cc(-c3ccc(-c4c5ccccc5c(-c5ccccc5)c5ccccc45)cc3)ccc2-c2cc3sc4ccc5ccccc5c4c3cc21. The lowest BCUT2D eigenvalue weighted by molar-refractivity contribution is 0.661. The molecule has 244 valence electrons. The van der Waals surface area contributed by atoms with Crippen LogP contribution in [0.3, 0.4) is 0 Å². The molecule has 0 saturated heterocycles. The van der Waals surface area contributed by atoms with Gasteiger partial charge in [0.15, 0.2) is 0 Å². The minimum absolute atomic E-state index is 0.105. The van der Waals surface area contributed by atoms with E-state index in [1.165, 1.54) is 108 Å². The van der Waals surface area contributed by atoms with Crippen LogP contribution in [0.15, 0.2) is 170 Å². The smallest absolute Gasteiger partial charge is 0.0362 e. The first-order valence-electron chi connectivity index (χ1n) is 18.2.